The lowest BCUT2D eigenvalue weighted by Gasteiger charge is -2.35. The van der Waals surface area contributed by atoms with E-state index in [2.05, 4.69) is 0 Å². The Morgan fingerprint density at radius 3 is 2.36 bits per heavy atom. The second-order valence-corrected chi connectivity index (χ2v) is 6.48. The number of hydrogen-bond acceptors (Lipinski definition) is 3. The number of halogens is 3. The van der Waals surface area contributed by atoms with Gasteiger partial charge in [-0.2, -0.15) is 13.2 Å². The Bertz CT molecular complexity index is 698. The summed E-state index contributed by atoms with van der Waals surface area (Å²) in [6.45, 7) is 0.520. The lowest BCUT2D eigenvalue weighted by molar-refractivity contribution is -0.137. The van der Waals surface area contributed by atoms with Crippen LogP contribution in [-0.2, 0) is 6.18 Å². The number of fused-ring (bicyclic) bond motifs is 2. The SMILES string of the molecule is CN(C)CN1c2ccccc2Sc2ccc(C(F)(F)F)cc21. The third kappa shape index (κ3) is 2.80. The van der Waals surface area contributed by atoms with Crippen LogP contribution in [0.15, 0.2) is 52.3 Å². The van der Waals surface area contributed by atoms with Crippen LogP contribution in [0.25, 0.3) is 0 Å². The van der Waals surface area contributed by atoms with Gasteiger partial charge in [0.1, 0.15) is 0 Å². The number of rotatable bonds is 2. The van der Waals surface area contributed by atoms with E-state index in [9.17, 15) is 13.2 Å². The molecule has 0 spiro atoms. The lowest BCUT2D eigenvalue weighted by Crippen LogP contribution is -2.31. The van der Waals surface area contributed by atoms with E-state index in [0.717, 1.165) is 21.5 Å². The van der Waals surface area contributed by atoms with Crippen LogP contribution >= 0.6 is 11.8 Å². The van der Waals surface area contributed by atoms with Crippen LogP contribution in [0.5, 0.6) is 0 Å². The molecule has 0 atom stereocenters. The maximum Gasteiger partial charge on any atom is 0.416 e. The molecule has 22 heavy (non-hydrogen) atoms. The summed E-state index contributed by atoms with van der Waals surface area (Å²) in [7, 11) is 3.80. The molecule has 1 aliphatic rings. The van der Waals surface area contributed by atoms with E-state index in [1.54, 1.807) is 6.07 Å². The molecule has 1 heterocycles. The monoisotopic (exact) mass is 324 g/mol. The van der Waals surface area contributed by atoms with Crippen molar-refractivity contribution in [2.45, 2.75) is 16.0 Å². The summed E-state index contributed by atoms with van der Waals surface area (Å²) >= 11 is 1.51. The summed E-state index contributed by atoms with van der Waals surface area (Å²) in [6, 6.07) is 11.7. The molecule has 0 saturated carbocycles. The van der Waals surface area contributed by atoms with Gasteiger partial charge in [0.25, 0.3) is 0 Å². The zero-order chi connectivity index (χ0) is 15.9. The molecule has 1 aliphatic heterocycles. The Morgan fingerprint density at radius 1 is 1.00 bits per heavy atom. The zero-order valence-corrected chi connectivity index (χ0v) is 13.0. The minimum atomic E-state index is -4.33. The Kier molecular flexibility index (Phi) is 3.82. The molecule has 0 N–H and O–H groups in total. The highest BCUT2D eigenvalue weighted by Gasteiger charge is 2.33. The second-order valence-electron chi connectivity index (χ2n) is 5.40. The molecule has 2 aromatic carbocycles. The lowest BCUT2D eigenvalue weighted by atomic mass is 10.1. The predicted octanol–water partition coefficient (Wildman–Crippen LogP) is 4.83. The maximum absolute atomic E-state index is 13.0. The van der Waals surface area contributed by atoms with Crippen LogP contribution in [0.1, 0.15) is 5.56 Å². The van der Waals surface area contributed by atoms with Gasteiger partial charge >= 0.3 is 6.18 Å². The number of hydrogen-bond donors (Lipinski definition) is 0. The Balaban J connectivity index is 2.12. The first-order chi connectivity index (χ1) is 10.4. The van der Waals surface area contributed by atoms with Gasteiger partial charge in [0.15, 0.2) is 0 Å². The normalized spacial score (nSPS) is 14.0. The highest BCUT2D eigenvalue weighted by molar-refractivity contribution is 7.99. The molecule has 0 fully saturated rings. The van der Waals surface area contributed by atoms with Crippen molar-refractivity contribution in [2.75, 3.05) is 25.7 Å². The molecule has 116 valence electrons. The van der Waals surface area contributed by atoms with Crippen LogP contribution in [0.3, 0.4) is 0 Å². The Morgan fingerprint density at radius 2 is 1.68 bits per heavy atom. The molecule has 0 unspecified atom stereocenters. The van der Waals surface area contributed by atoms with E-state index in [0.29, 0.717) is 12.4 Å². The number of alkyl halides is 3. The molecule has 6 heteroatoms. The molecular formula is C16H15F3N2S. The average molecular weight is 324 g/mol. The van der Waals surface area contributed by atoms with Gasteiger partial charge in [-0.3, -0.25) is 4.90 Å². The van der Waals surface area contributed by atoms with Crippen molar-refractivity contribution in [3.05, 3.63) is 48.0 Å². The summed E-state index contributed by atoms with van der Waals surface area (Å²) in [5.74, 6) is 0. The van der Waals surface area contributed by atoms with Crippen LogP contribution < -0.4 is 4.90 Å². The molecule has 3 rings (SSSR count). The van der Waals surface area contributed by atoms with E-state index in [4.69, 9.17) is 0 Å². The van der Waals surface area contributed by atoms with Gasteiger partial charge in [-0.15, -0.1) is 0 Å². The van der Waals surface area contributed by atoms with Crippen LogP contribution in [0.2, 0.25) is 0 Å². The first kappa shape index (κ1) is 15.2. The number of benzene rings is 2. The fourth-order valence-corrected chi connectivity index (χ4v) is 3.52. The van der Waals surface area contributed by atoms with E-state index in [1.807, 2.05) is 48.2 Å². The van der Waals surface area contributed by atoms with Crippen molar-refractivity contribution < 1.29 is 13.2 Å². The molecular weight excluding hydrogens is 309 g/mol. The fraction of sp³-hybridized carbons (Fsp3) is 0.250. The fourth-order valence-electron chi connectivity index (χ4n) is 2.44. The van der Waals surface area contributed by atoms with E-state index in [-0.39, 0.29) is 0 Å². The Labute approximate surface area is 131 Å². The first-order valence-corrected chi connectivity index (χ1v) is 7.58. The predicted molar refractivity (Wildman–Crippen MR) is 82.7 cm³/mol. The summed E-state index contributed by atoms with van der Waals surface area (Å²) in [5.41, 5.74) is 0.926. The standard InChI is InChI=1S/C16H15F3N2S/c1-20(2)10-21-12-5-3-4-6-14(12)22-15-8-7-11(9-13(15)21)16(17,18)19/h3-9H,10H2,1-2H3. The van der Waals surface area contributed by atoms with Gasteiger partial charge in [0.2, 0.25) is 0 Å². The Hall–Kier alpha value is -1.66. The molecule has 0 bridgehead atoms. The van der Waals surface area contributed by atoms with E-state index < -0.39 is 11.7 Å². The topological polar surface area (TPSA) is 6.48 Å². The summed E-state index contributed by atoms with van der Waals surface area (Å²) in [5, 5.41) is 0. The largest absolute Gasteiger partial charge is 0.416 e. The van der Waals surface area contributed by atoms with Crippen molar-refractivity contribution >= 4 is 23.1 Å². The number of nitrogens with zero attached hydrogens (tertiary/aromatic N) is 2. The van der Waals surface area contributed by atoms with Crippen molar-refractivity contribution in [3.8, 4) is 0 Å². The minimum absolute atomic E-state index is 0.520. The van der Waals surface area contributed by atoms with Crippen molar-refractivity contribution in [1.82, 2.24) is 4.90 Å². The average Bonchev–Trinajstić information content (AvgIpc) is 2.45. The zero-order valence-electron chi connectivity index (χ0n) is 12.2. The molecule has 0 saturated heterocycles. The highest BCUT2D eigenvalue weighted by atomic mass is 32.2. The van der Waals surface area contributed by atoms with E-state index >= 15 is 0 Å². The van der Waals surface area contributed by atoms with E-state index in [1.165, 1.54) is 17.8 Å². The smallest absolute Gasteiger partial charge is 0.326 e. The maximum atomic E-state index is 13.0. The third-order valence-corrected chi connectivity index (χ3v) is 4.51. The van der Waals surface area contributed by atoms with Crippen LogP contribution in [-0.4, -0.2) is 25.7 Å². The summed E-state index contributed by atoms with van der Waals surface area (Å²) < 4.78 is 39.0. The van der Waals surface area contributed by atoms with Gasteiger partial charge < -0.3 is 4.90 Å². The van der Waals surface area contributed by atoms with Gasteiger partial charge in [0, 0.05) is 9.79 Å². The summed E-state index contributed by atoms with van der Waals surface area (Å²) in [6.07, 6.45) is -4.33. The second kappa shape index (κ2) is 5.52. The molecule has 2 aromatic rings. The summed E-state index contributed by atoms with van der Waals surface area (Å²) in [4.78, 5) is 5.76. The van der Waals surface area contributed by atoms with Crippen LogP contribution in [0, 0.1) is 0 Å². The molecule has 0 aliphatic carbocycles. The van der Waals surface area contributed by atoms with Crippen molar-refractivity contribution in [1.29, 1.82) is 0 Å². The number of para-hydroxylation sites is 1. The highest BCUT2D eigenvalue weighted by Crippen LogP contribution is 2.49. The van der Waals surface area contributed by atoms with Crippen LogP contribution in [0.4, 0.5) is 24.5 Å². The molecule has 0 aromatic heterocycles. The third-order valence-electron chi connectivity index (χ3n) is 3.38. The van der Waals surface area contributed by atoms with Gasteiger partial charge in [-0.1, -0.05) is 23.9 Å². The first-order valence-electron chi connectivity index (χ1n) is 6.76. The van der Waals surface area contributed by atoms with Gasteiger partial charge in [-0.25, -0.2) is 0 Å². The van der Waals surface area contributed by atoms with Gasteiger partial charge in [-0.05, 0) is 44.4 Å². The number of anilines is 2. The van der Waals surface area contributed by atoms with Gasteiger partial charge in [0.05, 0.1) is 23.6 Å². The van der Waals surface area contributed by atoms with Crippen molar-refractivity contribution in [2.24, 2.45) is 0 Å². The molecule has 0 radical (unpaired) electrons. The van der Waals surface area contributed by atoms with Crippen molar-refractivity contribution in [3.63, 3.8) is 0 Å². The minimum Gasteiger partial charge on any atom is -0.326 e. The molecule has 0 amide bonds. The quantitative estimate of drug-likeness (QED) is 0.781. The molecule has 2 nitrogen and oxygen atoms in total.